The monoisotopic (exact) mass is 355 g/mol. The van der Waals surface area contributed by atoms with Gasteiger partial charge in [0.15, 0.2) is 6.67 Å². The lowest BCUT2D eigenvalue weighted by atomic mass is 10.2. The summed E-state index contributed by atoms with van der Waals surface area (Å²) in [5, 5.41) is 4.64. The molecule has 0 radical (unpaired) electrons. The lowest BCUT2D eigenvalue weighted by Gasteiger charge is -2.33. The Kier molecular flexibility index (Phi) is 4.27. The standard InChI is InChI=1S/C18H22N6S/c1-14-12-15(2)24-17(19-14)20-23(18(24)25)13-21-8-10-22(11-9-21)16-6-4-3-5-7-16/h3-7,12H,8-11,13H2,1-2H3/p+1. The van der Waals surface area contributed by atoms with Crippen molar-refractivity contribution in [3.63, 3.8) is 0 Å². The molecule has 1 N–H and O–H groups in total. The topological polar surface area (TPSA) is 42.8 Å². The Hall–Kier alpha value is -2.25. The van der Waals surface area contributed by atoms with Crippen LogP contribution >= 0.6 is 12.2 Å². The number of benzene rings is 1. The van der Waals surface area contributed by atoms with Crippen molar-refractivity contribution in [2.45, 2.75) is 20.5 Å². The highest BCUT2D eigenvalue weighted by molar-refractivity contribution is 7.71. The van der Waals surface area contributed by atoms with Crippen molar-refractivity contribution in [3.8, 4) is 0 Å². The molecule has 1 saturated heterocycles. The van der Waals surface area contributed by atoms with Crippen LogP contribution in [0.3, 0.4) is 0 Å². The zero-order valence-corrected chi connectivity index (χ0v) is 15.5. The molecule has 1 aliphatic rings. The van der Waals surface area contributed by atoms with E-state index in [4.69, 9.17) is 12.2 Å². The Balaban J connectivity index is 1.49. The summed E-state index contributed by atoms with van der Waals surface area (Å²) in [4.78, 5) is 8.46. The second-order valence-electron chi connectivity index (χ2n) is 6.69. The molecule has 0 spiro atoms. The fourth-order valence-corrected chi connectivity index (χ4v) is 3.86. The Morgan fingerprint density at radius 3 is 2.56 bits per heavy atom. The fourth-order valence-electron chi connectivity index (χ4n) is 3.53. The number of rotatable bonds is 3. The molecular formula is C18H23N6S+. The van der Waals surface area contributed by atoms with Gasteiger partial charge in [0, 0.05) is 17.1 Å². The van der Waals surface area contributed by atoms with E-state index in [0.29, 0.717) is 5.78 Å². The van der Waals surface area contributed by atoms with Crippen molar-refractivity contribution in [3.05, 3.63) is 52.6 Å². The predicted molar refractivity (Wildman–Crippen MR) is 101 cm³/mol. The molecule has 25 heavy (non-hydrogen) atoms. The van der Waals surface area contributed by atoms with Gasteiger partial charge >= 0.3 is 0 Å². The van der Waals surface area contributed by atoms with Gasteiger partial charge in [-0.05, 0) is 44.3 Å². The van der Waals surface area contributed by atoms with Crippen LogP contribution in [-0.2, 0) is 6.67 Å². The Labute approximate surface area is 152 Å². The lowest BCUT2D eigenvalue weighted by molar-refractivity contribution is -0.924. The zero-order chi connectivity index (χ0) is 17.4. The van der Waals surface area contributed by atoms with Crippen molar-refractivity contribution in [1.82, 2.24) is 19.2 Å². The normalized spacial score (nSPS) is 15.8. The lowest BCUT2D eigenvalue weighted by Crippen LogP contribution is -3.14. The molecule has 0 unspecified atom stereocenters. The van der Waals surface area contributed by atoms with Crippen LogP contribution < -0.4 is 9.80 Å². The number of hydrogen-bond acceptors (Lipinski definition) is 4. The van der Waals surface area contributed by atoms with Crippen LogP contribution in [-0.4, -0.2) is 45.3 Å². The highest BCUT2D eigenvalue weighted by Crippen LogP contribution is 2.12. The summed E-state index contributed by atoms with van der Waals surface area (Å²) in [6, 6.07) is 12.7. The molecule has 3 aromatic rings. The van der Waals surface area contributed by atoms with E-state index in [2.05, 4.69) is 52.2 Å². The Morgan fingerprint density at radius 2 is 1.84 bits per heavy atom. The molecule has 1 fully saturated rings. The van der Waals surface area contributed by atoms with Crippen molar-refractivity contribution >= 4 is 23.7 Å². The zero-order valence-electron chi connectivity index (χ0n) is 14.6. The van der Waals surface area contributed by atoms with Gasteiger partial charge in [0.25, 0.3) is 5.78 Å². The first-order valence-corrected chi connectivity index (χ1v) is 9.10. The SMILES string of the molecule is Cc1cc(C)n2c(=S)n(C[NH+]3CCN(c4ccccc4)CC3)nc2n1. The fraction of sp³-hybridized carbons (Fsp3) is 0.389. The van der Waals surface area contributed by atoms with Gasteiger partial charge in [-0.25, -0.2) is 4.98 Å². The minimum absolute atomic E-state index is 0.699. The third-order valence-electron chi connectivity index (χ3n) is 4.83. The minimum Gasteiger partial charge on any atom is -0.360 e. The minimum atomic E-state index is 0.699. The number of quaternary nitrogens is 1. The quantitative estimate of drug-likeness (QED) is 0.718. The van der Waals surface area contributed by atoms with Gasteiger partial charge in [0.1, 0.15) is 0 Å². The first kappa shape index (κ1) is 16.2. The van der Waals surface area contributed by atoms with Crippen LogP contribution in [0, 0.1) is 18.6 Å². The van der Waals surface area contributed by atoms with Gasteiger partial charge < -0.3 is 9.80 Å². The number of fused-ring (bicyclic) bond motifs is 1. The molecule has 7 heteroatoms. The highest BCUT2D eigenvalue weighted by atomic mass is 32.1. The third kappa shape index (κ3) is 3.17. The van der Waals surface area contributed by atoms with Crippen LogP contribution in [0.4, 0.5) is 5.69 Å². The van der Waals surface area contributed by atoms with Crippen molar-refractivity contribution in [1.29, 1.82) is 0 Å². The number of nitrogens with one attached hydrogen (secondary N) is 1. The second kappa shape index (κ2) is 6.57. The Bertz CT molecular complexity index is 937. The maximum Gasteiger partial charge on any atom is 0.254 e. The summed E-state index contributed by atoms with van der Waals surface area (Å²) in [7, 11) is 0. The van der Waals surface area contributed by atoms with E-state index in [0.717, 1.165) is 49.0 Å². The summed E-state index contributed by atoms with van der Waals surface area (Å²) >= 11 is 5.63. The molecular weight excluding hydrogens is 332 g/mol. The van der Waals surface area contributed by atoms with Crippen molar-refractivity contribution in [2.75, 3.05) is 31.1 Å². The van der Waals surface area contributed by atoms with Gasteiger partial charge in [0.05, 0.1) is 26.2 Å². The molecule has 0 atom stereocenters. The number of piperazine rings is 1. The molecule has 130 valence electrons. The van der Waals surface area contributed by atoms with Crippen LogP contribution in [0.25, 0.3) is 5.78 Å². The average molecular weight is 355 g/mol. The van der Waals surface area contributed by atoms with Crippen LogP contribution in [0.5, 0.6) is 0 Å². The molecule has 2 aromatic heterocycles. The molecule has 0 saturated carbocycles. The largest absolute Gasteiger partial charge is 0.360 e. The molecule has 6 nitrogen and oxygen atoms in total. The van der Waals surface area contributed by atoms with Crippen molar-refractivity contribution < 1.29 is 4.90 Å². The van der Waals surface area contributed by atoms with Crippen molar-refractivity contribution in [2.24, 2.45) is 0 Å². The molecule has 1 aromatic carbocycles. The molecule has 0 aliphatic carbocycles. The molecule has 0 amide bonds. The first-order chi connectivity index (χ1) is 12.1. The summed E-state index contributed by atoms with van der Waals surface area (Å²) in [6.45, 7) is 9.10. The van der Waals surface area contributed by atoms with Gasteiger partial charge in [-0.2, -0.15) is 4.68 Å². The van der Waals surface area contributed by atoms with Gasteiger partial charge in [0.2, 0.25) is 4.77 Å². The summed E-state index contributed by atoms with van der Waals surface area (Å²) in [6.07, 6.45) is 0. The third-order valence-corrected chi connectivity index (χ3v) is 5.23. The maximum absolute atomic E-state index is 5.63. The van der Waals surface area contributed by atoms with E-state index < -0.39 is 0 Å². The average Bonchev–Trinajstić information content (AvgIpc) is 2.92. The van der Waals surface area contributed by atoms with Gasteiger partial charge in [-0.1, -0.05) is 18.2 Å². The summed E-state index contributed by atoms with van der Waals surface area (Å²) < 4.78 is 4.62. The summed E-state index contributed by atoms with van der Waals surface area (Å²) in [5.41, 5.74) is 3.37. The van der Waals surface area contributed by atoms with E-state index in [1.165, 1.54) is 10.6 Å². The van der Waals surface area contributed by atoms with E-state index in [-0.39, 0.29) is 0 Å². The second-order valence-corrected chi connectivity index (χ2v) is 7.05. The maximum atomic E-state index is 5.63. The van der Waals surface area contributed by atoms with Crippen LogP contribution in [0.15, 0.2) is 36.4 Å². The first-order valence-electron chi connectivity index (χ1n) is 8.69. The number of hydrogen-bond donors (Lipinski definition) is 1. The van der Waals surface area contributed by atoms with Gasteiger partial charge in [-0.3, -0.25) is 4.40 Å². The van der Waals surface area contributed by atoms with E-state index in [9.17, 15) is 0 Å². The van der Waals surface area contributed by atoms with Crippen LogP contribution in [0.2, 0.25) is 0 Å². The van der Waals surface area contributed by atoms with E-state index >= 15 is 0 Å². The number of para-hydroxylation sites is 1. The predicted octanol–water partition coefficient (Wildman–Crippen LogP) is 1.24. The molecule has 0 bridgehead atoms. The number of aryl methyl sites for hydroxylation is 2. The smallest absolute Gasteiger partial charge is 0.254 e. The highest BCUT2D eigenvalue weighted by Gasteiger charge is 2.21. The number of anilines is 1. The van der Waals surface area contributed by atoms with E-state index in [1.54, 1.807) is 0 Å². The van der Waals surface area contributed by atoms with E-state index in [1.807, 2.05) is 22.1 Å². The van der Waals surface area contributed by atoms with Crippen LogP contribution in [0.1, 0.15) is 11.4 Å². The Morgan fingerprint density at radius 1 is 1.12 bits per heavy atom. The number of aromatic nitrogens is 4. The van der Waals surface area contributed by atoms with Gasteiger partial charge in [-0.15, -0.1) is 5.10 Å². The molecule has 3 heterocycles. The molecule has 4 rings (SSSR count). The number of nitrogens with zero attached hydrogens (tertiary/aromatic N) is 5. The molecule has 1 aliphatic heterocycles. The summed E-state index contributed by atoms with van der Waals surface area (Å²) in [5.74, 6) is 0.699.